The van der Waals surface area contributed by atoms with E-state index in [-0.39, 0.29) is 0 Å². The van der Waals surface area contributed by atoms with Crippen LogP contribution < -0.4 is 5.43 Å². The second kappa shape index (κ2) is 4.74. The quantitative estimate of drug-likeness (QED) is 0.753. The molecule has 90 valence electrons. The van der Waals surface area contributed by atoms with E-state index >= 15 is 0 Å². The van der Waals surface area contributed by atoms with Crippen LogP contribution in [0.5, 0.6) is 0 Å². The van der Waals surface area contributed by atoms with Gasteiger partial charge < -0.3 is 0 Å². The minimum absolute atomic E-state index is 0.329. The van der Waals surface area contributed by atoms with E-state index in [9.17, 15) is 0 Å². The van der Waals surface area contributed by atoms with Crippen molar-refractivity contribution in [3.63, 3.8) is 0 Å². The van der Waals surface area contributed by atoms with Crippen LogP contribution in [0.25, 0.3) is 0 Å². The van der Waals surface area contributed by atoms with Gasteiger partial charge in [-0.2, -0.15) is 5.10 Å². The monoisotopic (exact) mass is 228 g/mol. The Morgan fingerprint density at radius 3 is 2.47 bits per heavy atom. The molecule has 1 aromatic carbocycles. The molecule has 0 fully saturated rings. The zero-order valence-corrected chi connectivity index (χ0v) is 10.8. The number of anilines is 1. The van der Waals surface area contributed by atoms with Gasteiger partial charge in [0.25, 0.3) is 0 Å². The predicted octanol–water partition coefficient (Wildman–Crippen LogP) is 4.22. The van der Waals surface area contributed by atoms with Crippen molar-refractivity contribution >= 4 is 11.4 Å². The van der Waals surface area contributed by atoms with Crippen molar-refractivity contribution in [2.24, 2.45) is 10.5 Å². The summed E-state index contributed by atoms with van der Waals surface area (Å²) >= 11 is 0. The van der Waals surface area contributed by atoms with Crippen molar-refractivity contribution in [2.75, 3.05) is 5.43 Å². The summed E-state index contributed by atoms with van der Waals surface area (Å²) in [5.41, 5.74) is 7.04. The van der Waals surface area contributed by atoms with Crippen molar-refractivity contribution in [2.45, 2.75) is 33.6 Å². The lowest BCUT2D eigenvalue weighted by molar-refractivity contribution is 0.373. The van der Waals surface area contributed by atoms with Crippen LogP contribution in [0, 0.1) is 5.41 Å². The second-order valence-electron chi connectivity index (χ2n) is 5.59. The summed E-state index contributed by atoms with van der Waals surface area (Å²) in [5.74, 6) is 0. The molecule has 0 spiro atoms. The molecule has 2 heteroatoms. The molecule has 0 unspecified atom stereocenters. The molecule has 0 saturated heterocycles. The van der Waals surface area contributed by atoms with Gasteiger partial charge in [0.15, 0.2) is 0 Å². The van der Waals surface area contributed by atoms with Gasteiger partial charge in [0, 0.05) is 0 Å². The Bertz CT molecular complexity index is 441. The predicted molar refractivity (Wildman–Crippen MR) is 74.3 cm³/mol. The summed E-state index contributed by atoms with van der Waals surface area (Å²) in [6.07, 6.45) is 4.39. The number of allylic oxidation sites excluding steroid dienone is 2. The van der Waals surface area contributed by atoms with Crippen LogP contribution in [0.15, 0.2) is 47.1 Å². The van der Waals surface area contributed by atoms with Gasteiger partial charge in [-0.05, 0) is 43.4 Å². The molecule has 0 heterocycles. The third-order valence-corrected chi connectivity index (χ3v) is 2.93. The van der Waals surface area contributed by atoms with Crippen LogP contribution in [0.1, 0.15) is 33.6 Å². The smallest absolute Gasteiger partial charge is 0.0612 e. The van der Waals surface area contributed by atoms with Crippen LogP contribution in [-0.2, 0) is 0 Å². The molecule has 0 amide bonds. The third-order valence-electron chi connectivity index (χ3n) is 2.93. The highest BCUT2D eigenvalue weighted by Gasteiger charge is 2.24. The molecule has 1 aromatic rings. The Hall–Kier alpha value is -1.57. The Kier molecular flexibility index (Phi) is 3.32. The number of hydrogen-bond acceptors (Lipinski definition) is 2. The lowest BCUT2D eigenvalue weighted by Gasteiger charge is -2.29. The molecule has 2 rings (SSSR count). The maximum absolute atomic E-state index is 4.49. The molecule has 1 aliphatic carbocycles. The first-order valence-electron chi connectivity index (χ1n) is 6.10. The molecule has 2 nitrogen and oxygen atoms in total. The fraction of sp³-hybridized carbons (Fsp3) is 0.400. The number of nitrogens with zero attached hydrogens (tertiary/aromatic N) is 1. The zero-order chi connectivity index (χ0) is 12.3. The van der Waals surface area contributed by atoms with E-state index in [0.29, 0.717) is 5.41 Å². The highest BCUT2D eigenvalue weighted by Crippen LogP contribution is 2.33. The van der Waals surface area contributed by atoms with Gasteiger partial charge in [0.05, 0.1) is 11.4 Å². The molecule has 1 aliphatic rings. The van der Waals surface area contributed by atoms with Crippen molar-refractivity contribution in [3.8, 4) is 0 Å². The minimum atomic E-state index is 0.329. The molecular formula is C15H20N2. The van der Waals surface area contributed by atoms with Crippen molar-refractivity contribution in [1.82, 2.24) is 0 Å². The molecular weight excluding hydrogens is 208 g/mol. The standard InChI is InChI=1S/C15H20N2/c1-12-9-14(11-15(2,3)10-12)17-16-13-7-5-4-6-8-13/h4-9,16H,10-11H2,1-3H3. The van der Waals surface area contributed by atoms with Gasteiger partial charge in [0.1, 0.15) is 0 Å². The largest absolute Gasteiger partial charge is 0.278 e. The van der Waals surface area contributed by atoms with Crippen LogP contribution >= 0.6 is 0 Å². The van der Waals surface area contributed by atoms with E-state index in [4.69, 9.17) is 0 Å². The Morgan fingerprint density at radius 1 is 1.12 bits per heavy atom. The highest BCUT2D eigenvalue weighted by atomic mass is 15.3. The Balaban J connectivity index is 2.10. The summed E-state index contributed by atoms with van der Waals surface area (Å²) < 4.78 is 0. The van der Waals surface area contributed by atoms with Crippen molar-refractivity contribution in [1.29, 1.82) is 0 Å². The molecule has 0 radical (unpaired) electrons. The normalized spacial score (nSPS) is 21.1. The van der Waals surface area contributed by atoms with Gasteiger partial charge in [0.2, 0.25) is 0 Å². The number of hydrazone groups is 1. The number of para-hydroxylation sites is 1. The fourth-order valence-electron chi connectivity index (χ4n) is 2.41. The van der Waals surface area contributed by atoms with E-state index < -0.39 is 0 Å². The summed E-state index contributed by atoms with van der Waals surface area (Å²) in [7, 11) is 0. The van der Waals surface area contributed by atoms with Crippen LogP contribution in [0.4, 0.5) is 5.69 Å². The van der Waals surface area contributed by atoms with Crippen LogP contribution in [0.3, 0.4) is 0 Å². The van der Waals surface area contributed by atoms with E-state index in [0.717, 1.165) is 24.2 Å². The summed E-state index contributed by atoms with van der Waals surface area (Å²) in [4.78, 5) is 0. The zero-order valence-electron chi connectivity index (χ0n) is 10.8. The number of rotatable bonds is 2. The van der Waals surface area contributed by atoms with Gasteiger partial charge in [-0.25, -0.2) is 0 Å². The molecule has 0 bridgehead atoms. The van der Waals surface area contributed by atoms with Crippen LogP contribution in [0.2, 0.25) is 0 Å². The first kappa shape index (κ1) is 11.9. The lowest BCUT2D eigenvalue weighted by atomic mass is 9.77. The Labute approximate surface area is 103 Å². The van der Waals surface area contributed by atoms with E-state index in [1.54, 1.807) is 0 Å². The Morgan fingerprint density at radius 2 is 1.82 bits per heavy atom. The number of benzene rings is 1. The van der Waals surface area contributed by atoms with E-state index in [1.807, 2.05) is 30.3 Å². The summed E-state index contributed by atoms with van der Waals surface area (Å²) in [5, 5.41) is 4.49. The molecule has 0 aliphatic heterocycles. The summed E-state index contributed by atoms with van der Waals surface area (Å²) in [6.45, 7) is 6.77. The maximum atomic E-state index is 4.49. The van der Waals surface area contributed by atoms with Crippen LogP contribution in [-0.4, -0.2) is 5.71 Å². The molecule has 1 N–H and O–H groups in total. The lowest BCUT2D eigenvalue weighted by Crippen LogP contribution is -2.21. The first-order valence-corrected chi connectivity index (χ1v) is 6.10. The van der Waals surface area contributed by atoms with Gasteiger partial charge in [-0.15, -0.1) is 0 Å². The highest BCUT2D eigenvalue weighted by molar-refractivity contribution is 5.97. The summed E-state index contributed by atoms with van der Waals surface area (Å²) in [6, 6.07) is 10.1. The average molecular weight is 228 g/mol. The first-order chi connectivity index (χ1) is 8.05. The third kappa shape index (κ3) is 3.45. The van der Waals surface area contributed by atoms with Gasteiger partial charge in [-0.1, -0.05) is 37.6 Å². The number of nitrogens with one attached hydrogen (secondary N) is 1. The van der Waals surface area contributed by atoms with Crippen molar-refractivity contribution in [3.05, 3.63) is 42.0 Å². The SMILES string of the molecule is CC1=CC(=NNc2ccccc2)CC(C)(C)C1. The minimum Gasteiger partial charge on any atom is -0.278 e. The molecule has 0 atom stereocenters. The second-order valence-corrected chi connectivity index (χ2v) is 5.59. The topological polar surface area (TPSA) is 24.4 Å². The maximum Gasteiger partial charge on any atom is 0.0612 e. The molecule has 0 saturated carbocycles. The number of hydrogen-bond donors (Lipinski definition) is 1. The van der Waals surface area contributed by atoms with Crippen molar-refractivity contribution < 1.29 is 0 Å². The fourth-order valence-corrected chi connectivity index (χ4v) is 2.41. The average Bonchev–Trinajstić information content (AvgIpc) is 2.25. The molecule has 17 heavy (non-hydrogen) atoms. The molecule has 0 aromatic heterocycles. The van der Waals surface area contributed by atoms with E-state index in [2.05, 4.69) is 37.4 Å². The van der Waals surface area contributed by atoms with Gasteiger partial charge >= 0.3 is 0 Å². The van der Waals surface area contributed by atoms with Gasteiger partial charge in [-0.3, -0.25) is 5.43 Å². The van der Waals surface area contributed by atoms with E-state index in [1.165, 1.54) is 5.57 Å².